The molecule has 0 unspecified atom stereocenters. The molecular weight excluding hydrogens is 221 g/mol. The van der Waals surface area contributed by atoms with Gasteiger partial charge in [0.15, 0.2) is 18.4 Å². The van der Waals surface area contributed by atoms with Crippen molar-refractivity contribution >= 4 is 0 Å². The molecule has 1 aromatic rings. The van der Waals surface area contributed by atoms with E-state index >= 15 is 0 Å². The summed E-state index contributed by atoms with van der Waals surface area (Å²) < 4.78 is 24.1. The van der Waals surface area contributed by atoms with Crippen LogP contribution in [0.15, 0.2) is 18.2 Å². The summed E-state index contributed by atoms with van der Waals surface area (Å²) in [5.74, 6) is 0.504. The van der Waals surface area contributed by atoms with E-state index in [-0.39, 0.29) is 18.6 Å². The Hall–Kier alpha value is -1.13. The van der Waals surface area contributed by atoms with Gasteiger partial charge < -0.3 is 15.2 Å². The molecule has 1 aromatic carbocycles. The molecule has 0 bridgehead atoms. The van der Waals surface area contributed by atoms with Crippen LogP contribution in [0, 0.1) is 11.7 Å². The third-order valence-electron chi connectivity index (χ3n) is 2.83. The van der Waals surface area contributed by atoms with Crippen LogP contribution in [0.1, 0.15) is 31.4 Å². The molecule has 4 heteroatoms. The maximum Gasteiger partial charge on any atom is 0.189 e. The highest BCUT2D eigenvalue weighted by Gasteiger charge is 2.21. The standard InChI is InChI=1S/C13H18FNO2/c1-9(15)11-4-5-13(12(14)6-11)17-8-16-7-10-2-3-10/h4-6,9-10H,2-3,7-8,15H2,1H3/t9-/m0/s1. The summed E-state index contributed by atoms with van der Waals surface area (Å²) in [5, 5.41) is 0. The van der Waals surface area contributed by atoms with Crippen LogP contribution in [-0.2, 0) is 4.74 Å². The Morgan fingerprint density at radius 2 is 2.24 bits per heavy atom. The molecule has 2 N–H and O–H groups in total. The second-order valence-corrected chi connectivity index (χ2v) is 4.55. The minimum Gasteiger partial charge on any atom is -0.464 e. The summed E-state index contributed by atoms with van der Waals surface area (Å²) in [6, 6.07) is 4.59. The van der Waals surface area contributed by atoms with E-state index in [0.29, 0.717) is 12.5 Å². The molecular formula is C13H18FNO2. The second kappa shape index (κ2) is 5.47. The number of benzene rings is 1. The Balaban J connectivity index is 1.82. The molecule has 2 rings (SSSR count). The Morgan fingerprint density at radius 3 is 2.82 bits per heavy atom. The summed E-state index contributed by atoms with van der Waals surface area (Å²) in [7, 11) is 0. The Morgan fingerprint density at radius 1 is 1.47 bits per heavy atom. The molecule has 0 aliphatic heterocycles. The number of rotatable bonds is 6. The van der Waals surface area contributed by atoms with Gasteiger partial charge in [0.1, 0.15) is 0 Å². The van der Waals surface area contributed by atoms with Gasteiger partial charge in [0.05, 0.1) is 6.61 Å². The fourth-order valence-corrected chi connectivity index (χ4v) is 1.52. The van der Waals surface area contributed by atoms with Crippen LogP contribution in [-0.4, -0.2) is 13.4 Å². The van der Waals surface area contributed by atoms with Crippen LogP contribution < -0.4 is 10.5 Å². The molecule has 1 atom stereocenters. The normalized spacial score (nSPS) is 16.9. The number of hydrogen-bond acceptors (Lipinski definition) is 3. The monoisotopic (exact) mass is 239 g/mol. The average molecular weight is 239 g/mol. The van der Waals surface area contributed by atoms with E-state index in [1.165, 1.54) is 18.9 Å². The Kier molecular flexibility index (Phi) is 3.97. The van der Waals surface area contributed by atoms with Gasteiger partial charge in [-0.05, 0) is 43.4 Å². The van der Waals surface area contributed by atoms with Gasteiger partial charge in [0.25, 0.3) is 0 Å². The second-order valence-electron chi connectivity index (χ2n) is 4.55. The van der Waals surface area contributed by atoms with Gasteiger partial charge in [-0.1, -0.05) is 6.07 Å². The van der Waals surface area contributed by atoms with Crippen molar-refractivity contribution in [3.8, 4) is 5.75 Å². The van der Waals surface area contributed by atoms with Crippen molar-refractivity contribution < 1.29 is 13.9 Å². The molecule has 3 nitrogen and oxygen atoms in total. The molecule has 0 aromatic heterocycles. The molecule has 0 spiro atoms. The van der Waals surface area contributed by atoms with Gasteiger partial charge in [0.2, 0.25) is 0 Å². The Bertz CT molecular complexity index is 378. The van der Waals surface area contributed by atoms with Crippen LogP contribution >= 0.6 is 0 Å². The van der Waals surface area contributed by atoms with Gasteiger partial charge >= 0.3 is 0 Å². The fraction of sp³-hybridized carbons (Fsp3) is 0.538. The van der Waals surface area contributed by atoms with Gasteiger partial charge in [0, 0.05) is 6.04 Å². The molecule has 0 amide bonds. The third kappa shape index (κ3) is 3.68. The fourth-order valence-electron chi connectivity index (χ4n) is 1.52. The van der Waals surface area contributed by atoms with E-state index in [0.717, 1.165) is 5.56 Å². The zero-order valence-corrected chi connectivity index (χ0v) is 9.99. The predicted molar refractivity (Wildman–Crippen MR) is 63.2 cm³/mol. The van der Waals surface area contributed by atoms with E-state index in [4.69, 9.17) is 15.2 Å². The predicted octanol–water partition coefficient (Wildman–Crippen LogP) is 2.61. The molecule has 17 heavy (non-hydrogen) atoms. The van der Waals surface area contributed by atoms with E-state index < -0.39 is 5.82 Å². The van der Waals surface area contributed by atoms with Crippen LogP contribution in [0.4, 0.5) is 4.39 Å². The Labute approximate surface area is 101 Å². The maximum atomic E-state index is 13.6. The highest BCUT2D eigenvalue weighted by Crippen LogP contribution is 2.28. The minimum absolute atomic E-state index is 0.102. The average Bonchev–Trinajstić information content (AvgIpc) is 3.09. The molecule has 1 saturated carbocycles. The largest absolute Gasteiger partial charge is 0.464 e. The molecule has 94 valence electrons. The number of halogens is 1. The first kappa shape index (κ1) is 12.3. The zero-order chi connectivity index (χ0) is 12.3. The van der Waals surface area contributed by atoms with Crippen molar-refractivity contribution in [2.45, 2.75) is 25.8 Å². The highest BCUT2D eigenvalue weighted by molar-refractivity contribution is 5.30. The van der Waals surface area contributed by atoms with Crippen LogP contribution in [0.5, 0.6) is 5.75 Å². The van der Waals surface area contributed by atoms with E-state index in [1.807, 2.05) is 6.92 Å². The lowest BCUT2D eigenvalue weighted by atomic mass is 10.1. The quantitative estimate of drug-likeness (QED) is 0.613. The molecule has 1 aliphatic rings. The summed E-state index contributed by atoms with van der Waals surface area (Å²) in [5.41, 5.74) is 6.42. The first-order chi connectivity index (χ1) is 8.16. The van der Waals surface area contributed by atoms with E-state index in [9.17, 15) is 4.39 Å². The van der Waals surface area contributed by atoms with Crippen molar-refractivity contribution in [2.24, 2.45) is 11.7 Å². The molecule has 1 fully saturated rings. The maximum absolute atomic E-state index is 13.6. The lowest BCUT2D eigenvalue weighted by Crippen LogP contribution is -2.08. The van der Waals surface area contributed by atoms with E-state index in [1.54, 1.807) is 12.1 Å². The lowest BCUT2D eigenvalue weighted by molar-refractivity contribution is 0.00791. The smallest absolute Gasteiger partial charge is 0.189 e. The van der Waals surface area contributed by atoms with Crippen molar-refractivity contribution in [1.29, 1.82) is 0 Å². The summed E-state index contributed by atoms with van der Waals surface area (Å²) in [4.78, 5) is 0. The molecule has 0 radical (unpaired) electrons. The zero-order valence-electron chi connectivity index (χ0n) is 9.99. The molecule has 1 aliphatic carbocycles. The summed E-state index contributed by atoms with van der Waals surface area (Å²) >= 11 is 0. The third-order valence-corrected chi connectivity index (χ3v) is 2.83. The van der Waals surface area contributed by atoms with Gasteiger partial charge in [-0.25, -0.2) is 4.39 Å². The van der Waals surface area contributed by atoms with Crippen LogP contribution in [0.25, 0.3) is 0 Å². The number of ether oxygens (including phenoxy) is 2. The van der Waals surface area contributed by atoms with Crippen LogP contribution in [0.2, 0.25) is 0 Å². The first-order valence-corrected chi connectivity index (χ1v) is 5.92. The van der Waals surface area contributed by atoms with E-state index in [2.05, 4.69) is 0 Å². The molecule has 0 heterocycles. The molecule has 0 saturated heterocycles. The SMILES string of the molecule is C[C@H](N)c1ccc(OCOCC2CC2)c(F)c1. The van der Waals surface area contributed by atoms with Crippen molar-refractivity contribution in [3.63, 3.8) is 0 Å². The van der Waals surface area contributed by atoms with Crippen molar-refractivity contribution in [2.75, 3.05) is 13.4 Å². The summed E-state index contributed by atoms with van der Waals surface area (Å²) in [6.07, 6.45) is 2.47. The first-order valence-electron chi connectivity index (χ1n) is 5.92. The van der Waals surface area contributed by atoms with Gasteiger partial charge in [-0.3, -0.25) is 0 Å². The summed E-state index contributed by atoms with van der Waals surface area (Å²) in [6.45, 7) is 2.62. The number of hydrogen-bond donors (Lipinski definition) is 1. The topological polar surface area (TPSA) is 44.5 Å². The number of nitrogens with two attached hydrogens (primary N) is 1. The highest BCUT2D eigenvalue weighted by atomic mass is 19.1. The van der Waals surface area contributed by atoms with Crippen molar-refractivity contribution in [1.82, 2.24) is 0 Å². The van der Waals surface area contributed by atoms with Crippen molar-refractivity contribution in [3.05, 3.63) is 29.6 Å². The van der Waals surface area contributed by atoms with Gasteiger partial charge in [-0.2, -0.15) is 0 Å². The minimum atomic E-state index is -0.394. The van der Waals surface area contributed by atoms with Crippen LogP contribution in [0.3, 0.4) is 0 Å². The van der Waals surface area contributed by atoms with Gasteiger partial charge in [-0.15, -0.1) is 0 Å². The lowest BCUT2D eigenvalue weighted by Gasteiger charge is -2.10.